The number of epoxide rings is 1. The van der Waals surface area contributed by atoms with Crippen LogP contribution in [0.25, 0.3) is 6.08 Å². The smallest absolute Gasteiger partial charge is 0.309 e. The summed E-state index contributed by atoms with van der Waals surface area (Å²) in [7, 11) is 0. The standard InChI is InChI=1S/C26H39NO7S/c1-14-7-6-8-18-20(33-18)10-19(15(2)9-17-13-35-22(12-28)27-17)34-23(30)11-21(29)26(4,5)25(32)16(3)24(14)31/h9,13-14,16,18-21,24,28-29,31H,6-8,10-12H2,1-5H3/t14-,16+,18-,19-,20+,21-,24-/m0/s1. The van der Waals surface area contributed by atoms with Gasteiger partial charge in [0.1, 0.15) is 16.9 Å². The van der Waals surface area contributed by atoms with Gasteiger partial charge in [-0.15, -0.1) is 11.3 Å². The Morgan fingerprint density at radius 1 is 1.23 bits per heavy atom. The minimum Gasteiger partial charge on any atom is -0.458 e. The van der Waals surface area contributed by atoms with Crippen LogP contribution in [0.1, 0.15) is 77.4 Å². The molecule has 3 N–H and O–H groups in total. The second-order valence-electron chi connectivity index (χ2n) is 10.6. The van der Waals surface area contributed by atoms with E-state index in [9.17, 15) is 24.9 Å². The molecule has 0 aliphatic carbocycles. The van der Waals surface area contributed by atoms with Gasteiger partial charge in [-0.05, 0) is 37.3 Å². The van der Waals surface area contributed by atoms with Crippen LogP contribution in [0, 0.1) is 17.3 Å². The van der Waals surface area contributed by atoms with Crippen molar-refractivity contribution in [3.05, 3.63) is 21.7 Å². The van der Waals surface area contributed by atoms with Crippen molar-refractivity contribution in [3.63, 3.8) is 0 Å². The lowest BCUT2D eigenvalue weighted by Gasteiger charge is -2.34. The highest BCUT2D eigenvalue weighted by Crippen LogP contribution is 2.36. The van der Waals surface area contributed by atoms with Gasteiger partial charge in [-0.3, -0.25) is 9.59 Å². The first-order chi connectivity index (χ1) is 16.4. The van der Waals surface area contributed by atoms with Crippen molar-refractivity contribution in [2.75, 3.05) is 0 Å². The molecule has 9 heteroatoms. The van der Waals surface area contributed by atoms with Crippen LogP contribution in [-0.4, -0.2) is 62.6 Å². The number of fused-ring (bicyclic) bond motifs is 1. The van der Waals surface area contributed by atoms with Gasteiger partial charge in [0.05, 0.1) is 48.6 Å². The van der Waals surface area contributed by atoms with E-state index in [1.807, 2.05) is 25.3 Å². The Kier molecular flexibility index (Phi) is 9.26. The van der Waals surface area contributed by atoms with E-state index in [4.69, 9.17) is 9.47 Å². The fourth-order valence-electron chi connectivity index (χ4n) is 4.80. The quantitative estimate of drug-likeness (QED) is 0.418. The monoisotopic (exact) mass is 509 g/mol. The fraction of sp³-hybridized carbons (Fsp3) is 0.731. The normalized spacial score (nSPS) is 35.3. The highest BCUT2D eigenvalue weighted by atomic mass is 32.1. The van der Waals surface area contributed by atoms with Gasteiger partial charge in [0.2, 0.25) is 0 Å². The third-order valence-electron chi connectivity index (χ3n) is 7.48. The maximum Gasteiger partial charge on any atom is 0.309 e. The number of ketones is 1. The van der Waals surface area contributed by atoms with Gasteiger partial charge in [-0.2, -0.15) is 0 Å². The van der Waals surface area contributed by atoms with E-state index in [1.165, 1.54) is 11.3 Å². The van der Waals surface area contributed by atoms with E-state index >= 15 is 0 Å². The van der Waals surface area contributed by atoms with Crippen molar-refractivity contribution in [3.8, 4) is 0 Å². The van der Waals surface area contributed by atoms with E-state index in [1.54, 1.807) is 20.8 Å². The van der Waals surface area contributed by atoms with E-state index in [0.717, 1.165) is 24.8 Å². The van der Waals surface area contributed by atoms with Crippen LogP contribution in [0.4, 0.5) is 0 Å². The Bertz CT molecular complexity index is 927. The number of hydrogen-bond acceptors (Lipinski definition) is 9. The van der Waals surface area contributed by atoms with E-state index in [0.29, 0.717) is 17.1 Å². The number of cyclic esters (lactones) is 1. The predicted octanol–water partition coefficient (Wildman–Crippen LogP) is 3.27. The van der Waals surface area contributed by atoms with Gasteiger partial charge in [-0.25, -0.2) is 4.98 Å². The Morgan fingerprint density at radius 2 is 1.94 bits per heavy atom. The number of thiazole rings is 1. The summed E-state index contributed by atoms with van der Waals surface area (Å²) in [5.74, 6) is -1.61. The van der Waals surface area contributed by atoms with Crippen molar-refractivity contribution >= 4 is 29.2 Å². The third kappa shape index (κ3) is 6.98. The fourth-order valence-corrected chi connectivity index (χ4v) is 5.41. The molecular weight excluding hydrogens is 470 g/mol. The molecule has 2 saturated heterocycles. The summed E-state index contributed by atoms with van der Waals surface area (Å²) in [6.07, 6.45) is 1.86. The molecule has 0 aromatic carbocycles. The summed E-state index contributed by atoms with van der Waals surface area (Å²) in [6.45, 7) is 8.57. The molecule has 1 aromatic rings. The van der Waals surface area contributed by atoms with Crippen molar-refractivity contribution in [2.24, 2.45) is 17.3 Å². The maximum absolute atomic E-state index is 13.2. The molecule has 3 rings (SSSR count). The van der Waals surface area contributed by atoms with Crippen molar-refractivity contribution in [1.29, 1.82) is 0 Å². The lowest BCUT2D eigenvalue weighted by Crippen LogP contribution is -2.45. The maximum atomic E-state index is 13.2. The molecular formula is C26H39NO7S. The van der Waals surface area contributed by atoms with E-state index in [-0.39, 0.29) is 36.9 Å². The first-order valence-corrected chi connectivity index (χ1v) is 13.3. The zero-order valence-corrected chi connectivity index (χ0v) is 22.1. The van der Waals surface area contributed by atoms with E-state index in [2.05, 4.69) is 4.98 Å². The number of aromatic nitrogens is 1. The summed E-state index contributed by atoms with van der Waals surface area (Å²) in [5.41, 5.74) is 0.253. The first-order valence-electron chi connectivity index (χ1n) is 12.4. The third-order valence-corrected chi connectivity index (χ3v) is 8.33. The molecule has 0 spiro atoms. The van der Waals surface area contributed by atoms with Crippen LogP contribution in [0.5, 0.6) is 0 Å². The first kappa shape index (κ1) is 27.9. The minimum absolute atomic E-state index is 0.0328. The zero-order chi connectivity index (χ0) is 25.9. The number of Topliss-reactive ketones (excluding diaryl/α,β-unsaturated/α-hetero) is 1. The molecule has 0 saturated carbocycles. The lowest BCUT2D eigenvalue weighted by molar-refractivity contribution is -0.154. The number of carbonyl (C=O) groups excluding carboxylic acids is 2. The van der Waals surface area contributed by atoms with Crippen LogP contribution in [-0.2, 0) is 25.7 Å². The van der Waals surface area contributed by atoms with Gasteiger partial charge in [0.25, 0.3) is 0 Å². The summed E-state index contributed by atoms with van der Waals surface area (Å²) >= 11 is 1.35. The lowest BCUT2D eigenvalue weighted by atomic mass is 9.73. The van der Waals surface area contributed by atoms with E-state index < -0.39 is 35.6 Å². The molecule has 8 nitrogen and oxygen atoms in total. The molecule has 196 valence electrons. The molecule has 2 aliphatic rings. The summed E-state index contributed by atoms with van der Waals surface area (Å²) < 4.78 is 11.7. The SMILES string of the molecule is CC(=Cc1csc(CO)n1)[C@@H]1C[C@H]2O[C@H]2CCC[C@H](C)[C@H](O)[C@@H](C)C(=O)C(C)(C)[C@@H](O)CC(=O)O1. The Balaban J connectivity index is 1.81. The average Bonchev–Trinajstić information content (AvgIpc) is 3.38. The number of carbonyl (C=O) groups is 2. The van der Waals surface area contributed by atoms with Crippen LogP contribution in [0.3, 0.4) is 0 Å². The van der Waals surface area contributed by atoms with Crippen LogP contribution in [0.2, 0.25) is 0 Å². The molecule has 0 amide bonds. The number of aliphatic hydroxyl groups excluding tert-OH is 3. The molecule has 0 unspecified atom stereocenters. The molecule has 1 aromatic heterocycles. The molecule has 0 radical (unpaired) electrons. The molecule has 7 atom stereocenters. The van der Waals surface area contributed by atoms with Gasteiger partial charge >= 0.3 is 5.97 Å². The summed E-state index contributed by atoms with van der Waals surface area (Å²) in [5, 5.41) is 33.3. The molecule has 35 heavy (non-hydrogen) atoms. The second-order valence-corrected chi connectivity index (χ2v) is 11.6. The largest absolute Gasteiger partial charge is 0.458 e. The van der Waals surface area contributed by atoms with Crippen LogP contribution < -0.4 is 0 Å². The van der Waals surface area contributed by atoms with Gasteiger partial charge in [0, 0.05) is 17.7 Å². The number of hydrogen-bond donors (Lipinski definition) is 3. The zero-order valence-electron chi connectivity index (χ0n) is 21.3. The molecule has 0 bridgehead atoms. The van der Waals surface area contributed by atoms with Gasteiger partial charge in [0.15, 0.2) is 0 Å². The average molecular weight is 510 g/mol. The highest BCUT2D eigenvalue weighted by molar-refractivity contribution is 7.09. The minimum atomic E-state index is -1.25. The topological polar surface area (TPSA) is 129 Å². The van der Waals surface area contributed by atoms with Crippen LogP contribution in [0.15, 0.2) is 11.0 Å². The number of nitrogens with zero attached hydrogens (tertiary/aromatic N) is 1. The summed E-state index contributed by atoms with van der Waals surface area (Å²) in [6, 6.07) is 0. The number of aliphatic hydroxyl groups is 3. The second kappa shape index (κ2) is 11.6. The van der Waals surface area contributed by atoms with Gasteiger partial charge in [-0.1, -0.05) is 34.1 Å². The van der Waals surface area contributed by atoms with Crippen molar-refractivity contribution < 1.29 is 34.4 Å². The van der Waals surface area contributed by atoms with Crippen molar-refractivity contribution in [1.82, 2.24) is 4.98 Å². The van der Waals surface area contributed by atoms with Gasteiger partial charge < -0.3 is 24.8 Å². The molecule has 2 fully saturated rings. The Hall–Kier alpha value is -1.65. The van der Waals surface area contributed by atoms with Crippen LogP contribution >= 0.6 is 11.3 Å². The Labute approximate surface area is 211 Å². The highest BCUT2D eigenvalue weighted by Gasteiger charge is 2.44. The molecule has 3 heterocycles. The Morgan fingerprint density at radius 3 is 2.60 bits per heavy atom. The molecule has 2 aliphatic heterocycles. The number of ether oxygens (including phenoxy) is 2. The predicted molar refractivity (Wildman–Crippen MR) is 132 cm³/mol. The summed E-state index contributed by atoms with van der Waals surface area (Å²) in [4.78, 5) is 30.4. The number of rotatable bonds is 3. The number of esters is 1. The van der Waals surface area contributed by atoms with Crippen molar-refractivity contribution in [2.45, 2.75) is 104 Å².